The van der Waals surface area contributed by atoms with Crippen LogP contribution >= 0.6 is 0 Å². The number of esters is 1. The first-order valence-corrected chi connectivity index (χ1v) is 12.5. The van der Waals surface area contributed by atoms with Gasteiger partial charge in [0.25, 0.3) is 11.7 Å². The van der Waals surface area contributed by atoms with Gasteiger partial charge in [-0.3, -0.25) is 14.6 Å². The lowest BCUT2D eigenvalue weighted by Gasteiger charge is -2.25. The molecule has 7 nitrogen and oxygen atoms in total. The van der Waals surface area contributed by atoms with E-state index in [1.165, 1.54) is 16.0 Å². The number of nitrogens with zero attached hydrogens (tertiary/aromatic N) is 2. The van der Waals surface area contributed by atoms with Crippen LogP contribution in [-0.4, -0.2) is 39.3 Å². The predicted molar refractivity (Wildman–Crippen MR) is 138 cm³/mol. The van der Waals surface area contributed by atoms with Crippen molar-refractivity contribution in [1.29, 1.82) is 0 Å². The molecule has 7 heteroatoms. The number of carbonyl (C=O) groups is 3. The molecule has 1 aliphatic carbocycles. The molecule has 0 bridgehead atoms. The maximum atomic E-state index is 13.3. The number of ketones is 1. The molecule has 0 radical (unpaired) electrons. The molecule has 1 N–H and O–H groups in total. The molecule has 1 aromatic heterocycles. The average Bonchev–Trinajstić information content (AvgIpc) is 3.18. The monoisotopic (exact) mass is 496 g/mol. The Morgan fingerprint density at radius 2 is 1.65 bits per heavy atom. The predicted octanol–water partition coefficient (Wildman–Crippen LogP) is 4.76. The summed E-state index contributed by atoms with van der Waals surface area (Å²) in [6.45, 7) is 2.15. The van der Waals surface area contributed by atoms with Crippen LogP contribution < -0.4 is 0 Å². The summed E-state index contributed by atoms with van der Waals surface area (Å²) in [5.74, 6) is -2.00. The van der Waals surface area contributed by atoms with E-state index in [0.717, 1.165) is 31.2 Å². The Kier molecular flexibility index (Phi) is 6.86. The number of aryl methyl sites for hydroxylation is 2. The summed E-state index contributed by atoms with van der Waals surface area (Å²) < 4.78 is 5.04. The quantitative estimate of drug-likeness (QED) is 0.229. The zero-order valence-corrected chi connectivity index (χ0v) is 20.6. The van der Waals surface area contributed by atoms with Crippen molar-refractivity contribution in [2.75, 3.05) is 6.61 Å². The summed E-state index contributed by atoms with van der Waals surface area (Å²) in [5, 5.41) is 11.4. The summed E-state index contributed by atoms with van der Waals surface area (Å²) in [4.78, 5) is 44.1. The van der Waals surface area contributed by atoms with Crippen molar-refractivity contribution in [2.45, 2.75) is 45.2 Å². The van der Waals surface area contributed by atoms with Gasteiger partial charge < -0.3 is 14.7 Å². The smallest absolute Gasteiger partial charge is 0.338 e. The van der Waals surface area contributed by atoms with Crippen molar-refractivity contribution in [2.24, 2.45) is 0 Å². The van der Waals surface area contributed by atoms with E-state index in [2.05, 4.69) is 4.98 Å². The van der Waals surface area contributed by atoms with E-state index < -0.39 is 23.7 Å². The second-order valence-electron chi connectivity index (χ2n) is 9.32. The summed E-state index contributed by atoms with van der Waals surface area (Å²) >= 11 is 0. The highest BCUT2D eigenvalue weighted by molar-refractivity contribution is 6.46. The number of fused-ring (bicyclic) bond motifs is 1. The van der Waals surface area contributed by atoms with Gasteiger partial charge in [0.2, 0.25) is 0 Å². The van der Waals surface area contributed by atoms with E-state index in [9.17, 15) is 19.5 Å². The fourth-order valence-electron chi connectivity index (χ4n) is 5.13. The third kappa shape index (κ3) is 4.77. The SMILES string of the molecule is CCOC(=O)c1ccc(CN2C(=O)C(=O)/C(=C(\O)c3ccc4c(c3)CCCC4)C2c2ccncc2)cc1. The molecule has 188 valence electrons. The Morgan fingerprint density at radius 3 is 2.35 bits per heavy atom. The lowest BCUT2D eigenvalue weighted by atomic mass is 9.89. The number of rotatable bonds is 6. The van der Waals surface area contributed by atoms with Crippen LogP contribution in [0, 0.1) is 0 Å². The van der Waals surface area contributed by atoms with Crippen LogP contribution in [-0.2, 0) is 33.7 Å². The van der Waals surface area contributed by atoms with Crippen molar-refractivity contribution < 1.29 is 24.2 Å². The number of likely N-dealkylation sites (tertiary alicyclic amines) is 1. The molecule has 3 aromatic rings. The number of pyridine rings is 1. The molecule has 2 aromatic carbocycles. The van der Waals surface area contributed by atoms with Gasteiger partial charge in [0, 0.05) is 24.5 Å². The summed E-state index contributed by atoms with van der Waals surface area (Å²) in [7, 11) is 0. The summed E-state index contributed by atoms with van der Waals surface area (Å²) in [5.41, 5.74) is 4.86. The van der Waals surface area contributed by atoms with Crippen LogP contribution in [0.25, 0.3) is 5.76 Å². The highest BCUT2D eigenvalue weighted by Crippen LogP contribution is 2.40. The average molecular weight is 497 g/mol. The second-order valence-corrected chi connectivity index (χ2v) is 9.32. The van der Waals surface area contributed by atoms with Gasteiger partial charge in [-0.25, -0.2) is 4.79 Å². The van der Waals surface area contributed by atoms with Crippen molar-refractivity contribution in [3.05, 3.63) is 106 Å². The van der Waals surface area contributed by atoms with Gasteiger partial charge in [0.05, 0.1) is 23.8 Å². The first kappa shape index (κ1) is 24.4. The number of Topliss-reactive ketones (excluding diaryl/α,β-unsaturated/α-hetero) is 1. The van der Waals surface area contributed by atoms with Gasteiger partial charge in [-0.2, -0.15) is 0 Å². The highest BCUT2D eigenvalue weighted by atomic mass is 16.5. The molecule has 0 saturated carbocycles. The maximum Gasteiger partial charge on any atom is 0.338 e. The molecule has 1 amide bonds. The van der Waals surface area contributed by atoms with E-state index in [1.54, 1.807) is 55.7 Å². The van der Waals surface area contributed by atoms with Gasteiger partial charge in [-0.05, 0) is 85.2 Å². The molecule has 37 heavy (non-hydrogen) atoms. The topological polar surface area (TPSA) is 96.8 Å². The number of aromatic nitrogens is 1. The maximum absolute atomic E-state index is 13.3. The Hall–Kier alpha value is -4.26. The molecule has 2 aliphatic rings. The van der Waals surface area contributed by atoms with Gasteiger partial charge in [0.1, 0.15) is 5.76 Å². The fourth-order valence-corrected chi connectivity index (χ4v) is 5.13. The van der Waals surface area contributed by atoms with Crippen LogP contribution in [0.1, 0.15) is 64.0 Å². The standard InChI is InChI=1S/C30H28N2O5/c1-2-37-30(36)22-9-7-19(8-10-22)18-32-26(21-13-15-31-16-14-21)25(28(34)29(32)35)27(33)24-12-11-20-5-3-4-6-23(20)17-24/h7-17,26,33H,2-6,18H2,1H3/b27-25-. The summed E-state index contributed by atoms with van der Waals surface area (Å²) in [6, 6.07) is 15.2. The lowest BCUT2D eigenvalue weighted by Crippen LogP contribution is -2.29. The third-order valence-electron chi connectivity index (χ3n) is 7.00. The molecule has 1 aliphatic heterocycles. The first-order chi connectivity index (χ1) is 18.0. The number of aliphatic hydroxyl groups excluding tert-OH is 1. The van der Waals surface area contributed by atoms with Crippen LogP contribution in [0.3, 0.4) is 0 Å². The number of hydrogen-bond donors (Lipinski definition) is 1. The van der Waals surface area contributed by atoms with Crippen molar-refractivity contribution in [3.63, 3.8) is 0 Å². The molecule has 0 spiro atoms. The minimum absolute atomic E-state index is 0.0649. The van der Waals surface area contributed by atoms with E-state index in [1.807, 2.05) is 18.2 Å². The number of benzene rings is 2. The molecule has 1 fully saturated rings. The van der Waals surface area contributed by atoms with Crippen molar-refractivity contribution in [3.8, 4) is 0 Å². The van der Waals surface area contributed by atoms with Crippen LogP contribution in [0.4, 0.5) is 0 Å². The molecular formula is C30H28N2O5. The number of aliphatic hydroxyl groups is 1. The number of ether oxygens (including phenoxy) is 1. The van der Waals surface area contributed by atoms with Crippen LogP contribution in [0.15, 0.2) is 72.6 Å². The highest BCUT2D eigenvalue weighted by Gasteiger charge is 2.46. The largest absolute Gasteiger partial charge is 0.507 e. The van der Waals surface area contributed by atoms with E-state index in [-0.39, 0.29) is 24.5 Å². The zero-order valence-electron chi connectivity index (χ0n) is 20.6. The normalized spacial score (nSPS) is 18.5. The molecule has 1 atom stereocenters. The van der Waals surface area contributed by atoms with Gasteiger partial charge in [-0.1, -0.05) is 24.3 Å². The van der Waals surface area contributed by atoms with Gasteiger partial charge in [0.15, 0.2) is 0 Å². The molecule has 1 unspecified atom stereocenters. The Balaban J connectivity index is 1.53. The zero-order chi connectivity index (χ0) is 25.9. The fraction of sp³-hybridized carbons (Fsp3) is 0.267. The number of hydrogen-bond acceptors (Lipinski definition) is 6. The van der Waals surface area contributed by atoms with E-state index in [4.69, 9.17) is 4.74 Å². The molecule has 2 heterocycles. The molecular weight excluding hydrogens is 468 g/mol. The first-order valence-electron chi connectivity index (χ1n) is 12.5. The second kappa shape index (κ2) is 10.4. The van der Waals surface area contributed by atoms with Gasteiger partial charge in [-0.15, -0.1) is 0 Å². The number of carbonyl (C=O) groups excluding carboxylic acids is 3. The molecule has 5 rings (SSSR count). The molecule has 1 saturated heterocycles. The van der Waals surface area contributed by atoms with Crippen molar-refractivity contribution >= 4 is 23.4 Å². The lowest BCUT2D eigenvalue weighted by molar-refractivity contribution is -0.140. The minimum atomic E-state index is -0.774. The summed E-state index contributed by atoms with van der Waals surface area (Å²) in [6.07, 6.45) is 7.37. The number of amides is 1. The Morgan fingerprint density at radius 1 is 0.973 bits per heavy atom. The minimum Gasteiger partial charge on any atom is -0.507 e. The Labute approximate surface area is 215 Å². The van der Waals surface area contributed by atoms with Gasteiger partial charge >= 0.3 is 5.97 Å². The van der Waals surface area contributed by atoms with Crippen LogP contribution in [0.2, 0.25) is 0 Å². The van der Waals surface area contributed by atoms with Crippen LogP contribution in [0.5, 0.6) is 0 Å². The van der Waals surface area contributed by atoms with E-state index >= 15 is 0 Å². The van der Waals surface area contributed by atoms with Crippen molar-refractivity contribution in [1.82, 2.24) is 9.88 Å². The Bertz CT molecular complexity index is 1380. The third-order valence-corrected chi connectivity index (χ3v) is 7.00. The van der Waals surface area contributed by atoms with E-state index in [0.29, 0.717) is 16.7 Å².